The van der Waals surface area contributed by atoms with Crippen LogP contribution in [0.2, 0.25) is 0 Å². The molecule has 0 unspecified atom stereocenters. The number of rotatable bonds is 6. The van der Waals surface area contributed by atoms with Crippen molar-refractivity contribution in [1.82, 2.24) is 14.5 Å². The van der Waals surface area contributed by atoms with Gasteiger partial charge in [-0.05, 0) is 48.2 Å². The number of aromatic nitrogens is 2. The lowest BCUT2D eigenvalue weighted by atomic mass is 9.98. The van der Waals surface area contributed by atoms with Crippen LogP contribution in [0.3, 0.4) is 0 Å². The molecule has 3 aromatic rings. The highest BCUT2D eigenvalue weighted by Gasteiger charge is 2.27. The van der Waals surface area contributed by atoms with Crippen molar-refractivity contribution in [3.05, 3.63) is 58.4 Å². The van der Waals surface area contributed by atoms with Gasteiger partial charge in [0.25, 0.3) is 5.91 Å². The van der Waals surface area contributed by atoms with Gasteiger partial charge in [-0.25, -0.2) is 4.98 Å². The van der Waals surface area contributed by atoms with Crippen molar-refractivity contribution in [2.45, 2.75) is 32.7 Å². The van der Waals surface area contributed by atoms with Crippen LogP contribution in [0.5, 0.6) is 11.5 Å². The molecular formula is C22H25N3O3S. The van der Waals surface area contributed by atoms with E-state index in [1.54, 1.807) is 14.2 Å². The molecule has 0 bridgehead atoms. The van der Waals surface area contributed by atoms with Crippen molar-refractivity contribution in [2.24, 2.45) is 0 Å². The molecule has 4 rings (SSSR count). The van der Waals surface area contributed by atoms with Crippen LogP contribution in [0.1, 0.15) is 39.8 Å². The first-order chi connectivity index (χ1) is 14.1. The van der Waals surface area contributed by atoms with Gasteiger partial charge in [-0.2, -0.15) is 0 Å². The zero-order chi connectivity index (χ0) is 20.4. The average molecular weight is 412 g/mol. The standard InChI is InChI=1S/C22H25N3O3S/c1-4-7-17-20(29-22(23-17)24-9-5-6-10-24)21(26)25-11-8-15-12-18(27-2)19(28-3)13-16(15)14-25/h5-6,9-10,12-13H,4,7-8,11,14H2,1-3H3. The van der Waals surface area contributed by atoms with E-state index < -0.39 is 0 Å². The van der Waals surface area contributed by atoms with Crippen molar-refractivity contribution in [3.8, 4) is 16.6 Å². The van der Waals surface area contributed by atoms with Gasteiger partial charge in [-0.15, -0.1) is 0 Å². The number of nitrogens with zero attached hydrogens (tertiary/aromatic N) is 3. The van der Waals surface area contributed by atoms with Crippen molar-refractivity contribution in [2.75, 3.05) is 20.8 Å². The number of aryl methyl sites for hydroxylation is 1. The highest BCUT2D eigenvalue weighted by Crippen LogP contribution is 2.34. The first-order valence-corrected chi connectivity index (χ1v) is 10.6. The van der Waals surface area contributed by atoms with E-state index in [0.717, 1.165) is 46.3 Å². The van der Waals surface area contributed by atoms with Gasteiger partial charge in [-0.1, -0.05) is 24.7 Å². The second-order valence-corrected chi connectivity index (χ2v) is 8.04. The van der Waals surface area contributed by atoms with Crippen molar-refractivity contribution in [3.63, 3.8) is 0 Å². The summed E-state index contributed by atoms with van der Waals surface area (Å²) in [5, 5.41) is 0.839. The molecule has 152 valence electrons. The molecule has 3 heterocycles. The summed E-state index contributed by atoms with van der Waals surface area (Å²) in [6, 6.07) is 7.94. The van der Waals surface area contributed by atoms with Crippen LogP contribution in [-0.2, 0) is 19.4 Å². The maximum Gasteiger partial charge on any atom is 0.266 e. The zero-order valence-corrected chi connectivity index (χ0v) is 17.8. The number of amides is 1. The lowest BCUT2D eigenvalue weighted by Gasteiger charge is -2.29. The Labute approximate surface area is 174 Å². The molecule has 0 spiro atoms. The Morgan fingerprint density at radius 1 is 1.14 bits per heavy atom. The summed E-state index contributed by atoms with van der Waals surface area (Å²) in [5.41, 5.74) is 3.21. The maximum atomic E-state index is 13.4. The number of hydrogen-bond acceptors (Lipinski definition) is 5. The lowest BCUT2D eigenvalue weighted by Crippen LogP contribution is -2.36. The normalized spacial score (nSPS) is 13.3. The van der Waals surface area contributed by atoms with Crippen LogP contribution < -0.4 is 9.47 Å². The van der Waals surface area contributed by atoms with E-state index in [1.165, 1.54) is 16.9 Å². The summed E-state index contributed by atoms with van der Waals surface area (Å²) in [6.07, 6.45) is 6.47. The molecule has 0 fully saturated rings. The fourth-order valence-corrected chi connectivity index (χ4v) is 4.73. The Balaban J connectivity index is 1.62. The molecule has 7 heteroatoms. The van der Waals surface area contributed by atoms with Crippen LogP contribution in [0, 0.1) is 0 Å². The van der Waals surface area contributed by atoms with Crippen LogP contribution >= 0.6 is 11.3 Å². The zero-order valence-electron chi connectivity index (χ0n) is 17.0. The number of benzene rings is 1. The van der Waals surface area contributed by atoms with Crippen molar-refractivity contribution < 1.29 is 14.3 Å². The van der Waals surface area contributed by atoms with Crippen LogP contribution in [0.15, 0.2) is 36.7 Å². The van der Waals surface area contributed by atoms with Crippen molar-refractivity contribution >= 4 is 17.2 Å². The van der Waals surface area contributed by atoms with Crippen LogP contribution in [-0.4, -0.2) is 41.1 Å². The molecular weight excluding hydrogens is 386 g/mol. The fraction of sp³-hybridized carbons (Fsp3) is 0.364. The fourth-order valence-electron chi connectivity index (χ4n) is 3.69. The number of carbonyl (C=O) groups excluding carboxylic acids is 1. The molecule has 2 aromatic heterocycles. The molecule has 0 atom stereocenters. The van der Waals surface area contributed by atoms with Crippen LogP contribution in [0.4, 0.5) is 0 Å². The number of ether oxygens (including phenoxy) is 2. The second kappa shape index (κ2) is 8.29. The predicted octanol–water partition coefficient (Wildman–Crippen LogP) is 4.10. The number of hydrogen-bond donors (Lipinski definition) is 0. The van der Waals surface area contributed by atoms with Gasteiger partial charge >= 0.3 is 0 Å². The predicted molar refractivity (Wildman–Crippen MR) is 113 cm³/mol. The van der Waals surface area contributed by atoms with E-state index in [2.05, 4.69) is 6.92 Å². The van der Waals surface area contributed by atoms with Gasteiger partial charge in [0, 0.05) is 25.5 Å². The minimum Gasteiger partial charge on any atom is -0.493 e. The topological polar surface area (TPSA) is 56.6 Å². The first kappa shape index (κ1) is 19.5. The smallest absolute Gasteiger partial charge is 0.266 e. The summed E-state index contributed by atoms with van der Waals surface area (Å²) in [6.45, 7) is 3.36. The minimum atomic E-state index is 0.0600. The van der Waals surface area contributed by atoms with E-state index >= 15 is 0 Å². The van der Waals surface area contributed by atoms with E-state index in [-0.39, 0.29) is 5.91 Å². The molecule has 1 aromatic carbocycles. The third kappa shape index (κ3) is 3.74. The second-order valence-electron chi connectivity index (χ2n) is 7.07. The third-order valence-electron chi connectivity index (χ3n) is 5.20. The average Bonchev–Trinajstić information content (AvgIpc) is 3.42. The highest BCUT2D eigenvalue weighted by atomic mass is 32.1. The molecule has 1 amide bonds. The molecule has 6 nitrogen and oxygen atoms in total. The maximum absolute atomic E-state index is 13.4. The lowest BCUT2D eigenvalue weighted by molar-refractivity contribution is 0.0738. The first-order valence-electron chi connectivity index (χ1n) is 9.80. The number of methoxy groups -OCH3 is 2. The van der Waals surface area contributed by atoms with Crippen LogP contribution in [0.25, 0.3) is 5.13 Å². The Kier molecular flexibility index (Phi) is 5.58. The number of fused-ring (bicyclic) bond motifs is 1. The quantitative estimate of drug-likeness (QED) is 0.613. The molecule has 0 radical (unpaired) electrons. The minimum absolute atomic E-state index is 0.0600. The van der Waals surface area contributed by atoms with E-state index in [4.69, 9.17) is 14.5 Å². The van der Waals surface area contributed by atoms with E-state index in [0.29, 0.717) is 18.8 Å². The van der Waals surface area contributed by atoms with Crippen molar-refractivity contribution in [1.29, 1.82) is 0 Å². The van der Waals surface area contributed by atoms with Gasteiger partial charge in [0.15, 0.2) is 16.6 Å². The van der Waals surface area contributed by atoms with Gasteiger partial charge in [0.2, 0.25) is 0 Å². The molecule has 0 aliphatic carbocycles. The summed E-state index contributed by atoms with van der Waals surface area (Å²) >= 11 is 1.47. The summed E-state index contributed by atoms with van der Waals surface area (Å²) < 4.78 is 12.8. The van der Waals surface area contributed by atoms with Gasteiger partial charge < -0.3 is 18.9 Å². The SMILES string of the molecule is CCCc1nc(-n2cccc2)sc1C(=O)N1CCc2cc(OC)c(OC)cc2C1. The Morgan fingerprint density at radius 3 is 2.48 bits per heavy atom. The van der Waals surface area contributed by atoms with Gasteiger partial charge in [0.05, 0.1) is 19.9 Å². The van der Waals surface area contributed by atoms with Gasteiger partial charge in [0.1, 0.15) is 4.88 Å². The molecule has 0 saturated heterocycles. The Morgan fingerprint density at radius 2 is 1.83 bits per heavy atom. The summed E-state index contributed by atoms with van der Waals surface area (Å²) in [7, 11) is 3.28. The molecule has 1 aliphatic heterocycles. The third-order valence-corrected chi connectivity index (χ3v) is 6.30. The highest BCUT2D eigenvalue weighted by molar-refractivity contribution is 7.16. The Bertz CT molecular complexity index is 1010. The number of thiazole rings is 1. The van der Waals surface area contributed by atoms with E-state index in [1.807, 2.05) is 46.1 Å². The molecule has 0 N–H and O–H groups in total. The largest absolute Gasteiger partial charge is 0.493 e. The number of carbonyl (C=O) groups is 1. The molecule has 0 saturated carbocycles. The van der Waals surface area contributed by atoms with Gasteiger partial charge in [-0.3, -0.25) is 4.79 Å². The monoisotopic (exact) mass is 411 g/mol. The van der Waals surface area contributed by atoms with E-state index in [9.17, 15) is 4.79 Å². The molecule has 29 heavy (non-hydrogen) atoms. The molecule has 1 aliphatic rings. The summed E-state index contributed by atoms with van der Waals surface area (Å²) in [5.74, 6) is 1.49. The Hall–Kier alpha value is -2.80. The summed E-state index contributed by atoms with van der Waals surface area (Å²) in [4.78, 5) is 20.8.